The van der Waals surface area contributed by atoms with Crippen LogP contribution < -0.4 is 23.8 Å². The van der Waals surface area contributed by atoms with Crippen molar-refractivity contribution in [2.24, 2.45) is 0 Å². The normalized spacial score (nSPS) is 14.9. The summed E-state index contributed by atoms with van der Waals surface area (Å²) in [7, 11) is 4.87. The Morgan fingerprint density at radius 3 is 1.96 bits per heavy atom. The van der Waals surface area contributed by atoms with Crippen LogP contribution in [0.3, 0.4) is 0 Å². The molecular weight excluding hydrogens is 318 g/mol. The third-order valence-corrected chi connectivity index (χ3v) is 4.52. The minimum Gasteiger partial charge on any atom is -0.496 e. The molecule has 0 unspecified atom stereocenters. The summed E-state index contributed by atoms with van der Waals surface area (Å²) in [6.45, 7) is 1.94. The van der Waals surface area contributed by atoms with E-state index in [9.17, 15) is 0 Å². The van der Waals surface area contributed by atoms with Gasteiger partial charge >= 0.3 is 0 Å². The highest BCUT2D eigenvalue weighted by Crippen LogP contribution is 2.42. The van der Waals surface area contributed by atoms with E-state index in [0.717, 1.165) is 25.9 Å². The Hall–Kier alpha value is -2.56. The van der Waals surface area contributed by atoms with Crippen molar-refractivity contribution in [3.05, 3.63) is 42.5 Å². The van der Waals surface area contributed by atoms with E-state index in [-0.39, 0.29) is 6.10 Å². The molecule has 2 aromatic carbocycles. The van der Waals surface area contributed by atoms with Crippen LogP contribution in [0.25, 0.3) is 0 Å². The lowest BCUT2D eigenvalue weighted by Gasteiger charge is -2.34. The van der Waals surface area contributed by atoms with E-state index in [1.165, 1.54) is 5.69 Å². The first-order valence-electron chi connectivity index (χ1n) is 8.51. The van der Waals surface area contributed by atoms with Gasteiger partial charge < -0.3 is 23.8 Å². The van der Waals surface area contributed by atoms with Gasteiger partial charge in [-0.3, -0.25) is 0 Å². The molecular formula is C20H25NO4. The van der Waals surface area contributed by atoms with Gasteiger partial charge in [0.1, 0.15) is 11.9 Å². The lowest BCUT2D eigenvalue weighted by molar-refractivity contribution is 0.158. The largest absolute Gasteiger partial charge is 0.496 e. The van der Waals surface area contributed by atoms with Crippen molar-refractivity contribution in [3.8, 4) is 23.0 Å². The van der Waals surface area contributed by atoms with Gasteiger partial charge in [-0.25, -0.2) is 0 Å². The first kappa shape index (κ1) is 17.3. The maximum atomic E-state index is 6.25. The second-order valence-corrected chi connectivity index (χ2v) is 6.00. The van der Waals surface area contributed by atoms with E-state index in [0.29, 0.717) is 23.0 Å². The molecule has 0 bridgehead atoms. The third-order valence-electron chi connectivity index (χ3n) is 4.52. The van der Waals surface area contributed by atoms with Crippen LogP contribution in [0.4, 0.5) is 5.69 Å². The zero-order chi connectivity index (χ0) is 17.6. The van der Waals surface area contributed by atoms with Crippen molar-refractivity contribution in [1.29, 1.82) is 0 Å². The lowest BCUT2D eigenvalue weighted by atomic mass is 10.1. The van der Waals surface area contributed by atoms with E-state index in [1.54, 1.807) is 21.3 Å². The van der Waals surface area contributed by atoms with Crippen LogP contribution in [0.1, 0.15) is 12.8 Å². The number of methoxy groups -OCH3 is 3. The Morgan fingerprint density at radius 1 is 0.840 bits per heavy atom. The highest BCUT2D eigenvalue weighted by molar-refractivity contribution is 5.56. The van der Waals surface area contributed by atoms with Crippen LogP contribution in [0, 0.1) is 0 Å². The molecule has 0 amide bonds. The second kappa shape index (κ2) is 8.01. The van der Waals surface area contributed by atoms with Crippen molar-refractivity contribution in [3.63, 3.8) is 0 Å². The zero-order valence-electron chi connectivity index (χ0n) is 15.0. The average Bonchev–Trinajstić information content (AvgIpc) is 2.69. The molecule has 0 radical (unpaired) electrons. The molecule has 1 heterocycles. The van der Waals surface area contributed by atoms with E-state index in [1.807, 2.05) is 18.2 Å². The highest BCUT2D eigenvalue weighted by atomic mass is 16.5. The van der Waals surface area contributed by atoms with Gasteiger partial charge in [0.05, 0.1) is 21.3 Å². The maximum absolute atomic E-state index is 6.25. The minimum absolute atomic E-state index is 0.135. The van der Waals surface area contributed by atoms with Crippen molar-refractivity contribution >= 4 is 5.69 Å². The molecule has 3 rings (SSSR count). The van der Waals surface area contributed by atoms with Crippen LogP contribution >= 0.6 is 0 Å². The van der Waals surface area contributed by atoms with Gasteiger partial charge in [0.15, 0.2) is 11.5 Å². The van der Waals surface area contributed by atoms with Crippen molar-refractivity contribution in [2.75, 3.05) is 39.3 Å². The lowest BCUT2D eigenvalue weighted by Crippen LogP contribution is -2.38. The molecule has 2 aromatic rings. The molecule has 1 aliphatic rings. The van der Waals surface area contributed by atoms with Crippen LogP contribution in [0.5, 0.6) is 23.0 Å². The van der Waals surface area contributed by atoms with Gasteiger partial charge in [0, 0.05) is 43.8 Å². The predicted octanol–water partition coefficient (Wildman–Crippen LogP) is 3.76. The van der Waals surface area contributed by atoms with Gasteiger partial charge in [-0.1, -0.05) is 18.2 Å². The number of rotatable bonds is 6. The zero-order valence-corrected chi connectivity index (χ0v) is 15.0. The fourth-order valence-electron chi connectivity index (χ4n) is 3.13. The summed E-state index contributed by atoms with van der Waals surface area (Å²) in [6, 6.07) is 14.1. The fraction of sp³-hybridized carbons (Fsp3) is 0.400. The number of para-hydroxylation sites is 1. The number of benzene rings is 2. The number of hydrogen-bond acceptors (Lipinski definition) is 5. The van der Waals surface area contributed by atoms with E-state index >= 15 is 0 Å². The minimum atomic E-state index is 0.135. The molecule has 0 atom stereocenters. The summed E-state index contributed by atoms with van der Waals surface area (Å²) in [5.74, 6) is 2.58. The SMILES string of the molecule is COc1cc(OC)c(OC2CCN(c3ccccc3)CC2)c(OC)c1. The number of ether oxygens (including phenoxy) is 4. The quantitative estimate of drug-likeness (QED) is 0.799. The molecule has 134 valence electrons. The second-order valence-electron chi connectivity index (χ2n) is 6.00. The number of anilines is 1. The molecule has 1 fully saturated rings. The standard InChI is InChI=1S/C20H25NO4/c1-22-17-13-18(23-2)20(19(14-17)24-3)25-16-9-11-21(12-10-16)15-7-5-4-6-8-15/h4-8,13-14,16H,9-12H2,1-3H3. The Labute approximate surface area is 149 Å². The summed E-state index contributed by atoms with van der Waals surface area (Å²) < 4.78 is 22.5. The van der Waals surface area contributed by atoms with Crippen LogP contribution in [0.2, 0.25) is 0 Å². The summed E-state index contributed by atoms with van der Waals surface area (Å²) in [4.78, 5) is 2.39. The molecule has 1 saturated heterocycles. The van der Waals surface area contributed by atoms with Crippen molar-refractivity contribution < 1.29 is 18.9 Å². The molecule has 1 aliphatic heterocycles. The van der Waals surface area contributed by atoms with Gasteiger partial charge in [0.2, 0.25) is 5.75 Å². The number of hydrogen-bond donors (Lipinski definition) is 0. The fourth-order valence-corrected chi connectivity index (χ4v) is 3.13. The molecule has 0 saturated carbocycles. The summed E-state index contributed by atoms with van der Waals surface area (Å²) in [5, 5.41) is 0. The van der Waals surface area contributed by atoms with Gasteiger partial charge in [-0.2, -0.15) is 0 Å². The van der Waals surface area contributed by atoms with Gasteiger partial charge in [-0.05, 0) is 12.1 Å². The van der Waals surface area contributed by atoms with Crippen molar-refractivity contribution in [1.82, 2.24) is 0 Å². The summed E-state index contributed by atoms with van der Waals surface area (Å²) >= 11 is 0. The van der Waals surface area contributed by atoms with Crippen LogP contribution in [0.15, 0.2) is 42.5 Å². The molecule has 5 heteroatoms. The summed E-state index contributed by atoms with van der Waals surface area (Å²) in [6.07, 6.45) is 2.04. The van der Waals surface area contributed by atoms with E-state index in [4.69, 9.17) is 18.9 Å². The Morgan fingerprint density at radius 2 is 1.44 bits per heavy atom. The first-order valence-corrected chi connectivity index (χ1v) is 8.51. The van der Waals surface area contributed by atoms with Crippen molar-refractivity contribution in [2.45, 2.75) is 18.9 Å². The molecule has 25 heavy (non-hydrogen) atoms. The number of nitrogens with zero attached hydrogens (tertiary/aromatic N) is 1. The summed E-state index contributed by atoms with van der Waals surface area (Å²) in [5.41, 5.74) is 1.26. The topological polar surface area (TPSA) is 40.2 Å². The molecule has 0 aliphatic carbocycles. The van der Waals surface area contributed by atoms with Crippen LogP contribution in [-0.2, 0) is 0 Å². The Bertz CT molecular complexity index is 656. The molecule has 0 N–H and O–H groups in total. The average molecular weight is 343 g/mol. The van der Waals surface area contributed by atoms with E-state index < -0.39 is 0 Å². The molecule has 0 spiro atoms. The van der Waals surface area contributed by atoms with E-state index in [2.05, 4.69) is 29.2 Å². The maximum Gasteiger partial charge on any atom is 0.204 e. The van der Waals surface area contributed by atoms with Crippen LogP contribution in [-0.4, -0.2) is 40.5 Å². The monoisotopic (exact) mass is 343 g/mol. The smallest absolute Gasteiger partial charge is 0.204 e. The third kappa shape index (κ3) is 3.92. The predicted molar refractivity (Wildman–Crippen MR) is 98.4 cm³/mol. The molecule has 5 nitrogen and oxygen atoms in total. The highest BCUT2D eigenvalue weighted by Gasteiger charge is 2.24. The molecule has 0 aromatic heterocycles. The Kier molecular flexibility index (Phi) is 5.53. The first-order chi connectivity index (χ1) is 12.2. The van der Waals surface area contributed by atoms with Gasteiger partial charge in [-0.15, -0.1) is 0 Å². The number of piperidine rings is 1. The Balaban J connectivity index is 1.69. The van der Waals surface area contributed by atoms with Gasteiger partial charge in [0.25, 0.3) is 0 Å².